The van der Waals surface area contributed by atoms with Gasteiger partial charge in [-0.05, 0) is 24.5 Å². The first kappa shape index (κ1) is 14.0. The molecule has 0 amide bonds. The van der Waals surface area contributed by atoms with Crippen molar-refractivity contribution in [3.63, 3.8) is 0 Å². The molecule has 2 aromatic rings. The molecule has 18 heavy (non-hydrogen) atoms. The van der Waals surface area contributed by atoms with Crippen LogP contribution in [0.4, 0.5) is 0 Å². The van der Waals surface area contributed by atoms with Crippen molar-refractivity contribution in [1.29, 1.82) is 0 Å². The van der Waals surface area contributed by atoms with Crippen LogP contribution >= 0.6 is 0 Å². The molecule has 0 aromatic heterocycles. The van der Waals surface area contributed by atoms with E-state index in [0.29, 0.717) is 0 Å². The van der Waals surface area contributed by atoms with Crippen molar-refractivity contribution in [3.05, 3.63) is 90.5 Å². The molecule has 0 aliphatic carbocycles. The van der Waals surface area contributed by atoms with Crippen LogP contribution in [0.2, 0.25) is 0 Å². The summed E-state index contributed by atoms with van der Waals surface area (Å²) in [4.78, 5) is 0. The highest BCUT2D eigenvalue weighted by Gasteiger charge is 1.82. The number of hydrogen-bond donors (Lipinski definition) is 0. The third-order valence-corrected chi connectivity index (χ3v) is 2.38. The van der Waals surface area contributed by atoms with Crippen molar-refractivity contribution in [2.75, 3.05) is 0 Å². The topological polar surface area (TPSA) is 0 Å². The zero-order valence-electron chi connectivity index (χ0n) is 10.9. The first-order valence-electron chi connectivity index (χ1n) is 6.19. The molecule has 0 N–H and O–H groups in total. The van der Waals surface area contributed by atoms with Crippen LogP contribution < -0.4 is 0 Å². The molecule has 0 fully saturated rings. The molecule has 2 rings (SSSR count). The fourth-order valence-corrected chi connectivity index (χ4v) is 1.54. The van der Waals surface area contributed by atoms with E-state index in [2.05, 4.69) is 36.9 Å². The third kappa shape index (κ3) is 5.86. The normalized spacial score (nSPS) is 9.61. The molecule has 2 aromatic carbocycles. The highest BCUT2D eigenvalue weighted by Crippen LogP contribution is 1.99. The van der Waals surface area contributed by atoms with Crippen LogP contribution in [0.5, 0.6) is 0 Å². The summed E-state index contributed by atoms with van der Waals surface area (Å²) in [7, 11) is 0. The predicted molar refractivity (Wildman–Crippen MR) is 81.5 cm³/mol. The monoisotopic (exact) mass is 236 g/mol. The Morgan fingerprint density at radius 1 is 0.889 bits per heavy atom. The van der Waals surface area contributed by atoms with Gasteiger partial charge in [0.2, 0.25) is 0 Å². The summed E-state index contributed by atoms with van der Waals surface area (Å²) < 4.78 is 0. The Hall–Kier alpha value is -2.08. The quantitative estimate of drug-likeness (QED) is 0.648. The molecule has 0 spiro atoms. The summed E-state index contributed by atoms with van der Waals surface area (Å²) in [5.41, 5.74) is 2.59. The maximum atomic E-state index is 3.66. The standard InChI is InChI=1S/2C9H10/c2*1-2-6-9-7-4-3-5-8-9/h2-8H,1H3;2-5,7-8H,1,6H2. The van der Waals surface area contributed by atoms with Crippen molar-refractivity contribution in [1.82, 2.24) is 0 Å². The van der Waals surface area contributed by atoms with Gasteiger partial charge in [0.25, 0.3) is 0 Å². The molecule has 0 atom stereocenters. The molecule has 0 saturated heterocycles. The van der Waals surface area contributed by atoms with E-state index in [9.17, 15) is 0 Å². The van der Waals surface area contributed by atoms with Gasteiger partial charge in [0.1, 0.15) is 0 Å². The highest BCUT2D eigenvalue weighted by molar-refractivity contribution is 5.47. The van der Waals surface area contributed by atoms with E-state index < -0.39 is 0 Å². The van der Waals surface area contributed by atoms with E-state index in [1.54, 1.807) is 0 Å². The molecule has 0 nitrogen and oxygen atoms in total. The maximum Gasteiger partial charge on any atom is -0.0100 e. The summed E-state index contributed by atoms with van der Waals surface area (Å²) in [6.07, 6.45) is 7.01. The number of rotatable bonds is 3. The van der Waals surface area contributed by atoms with Gasteiger partial charge in [-0.3, -0.25) is 0 Å². The lowest BCUT2D eigenvalue weighted by molar-refractivity contribution is 1.28. The first-order chi connectivity index (χ1) is 8.86. The van der Waals surface area contributed by atoms with E-state index in [1.807, 2.05) is 55.5 Å². The minimum absolute atomic E-state index is 0.973. The molecule has 0 saturated carbocycles. The van der Waals surface area contributed by atoms with Crippen LogP contribution in [0.3, 0.4) is 0 Å². The molecule has 0 heterocycles. The average Bonchev–Trinajstić information content (AvgIpc) is 2.43. The Bertz CT molecular complexity index is 452. The molecular formula is C18H20. The van der Waals surface area contributed by atoms with Crippen LogP contribution in [-0.2, 0) is 6.42 Å². The molecular weight excluding hydrogens is 216 g/mol. The van der Waals surface area contributed by atoms with Crippen LogP contribution in [0.25, 0.3) is 6.08 Å². The third-order valence-electron chi connectivity index (χ3n) is 2.38. The van der Waals surface area contributed by atoms with E-state index in [4.69, 9.17) is 0 Å². The fraction of sp³-hybridized carbons (Fsp3) is 0.111. The smallest absolute Gasteiger partial charge is 0.0100 e. The molecule has 0 heteroatoms. The number of allylic oxidation sites excluding steroid dienone is 2. The second-order valence-electron chi connectivity index (χ2n) is 3.89. The van der Waals surface area contributed by atoms with Gasteiger partial charge in [-0.25, -0.2) is 0 Å². The molecule has 0 aliphatic heterocycles. The van der Waals surface area contributed by atoms with Crippen LogP contribution in [0.1, 0.15) is 18.1 Å². The lowest BCUT2D eigenvalue weighted by Crippen LogP contribution is -1.75. The Balaban J connectivity index is 0.000000180. The molecule has 0 unspecified atom stereocenters. The zero-order chi connectivity index (χ0) is 13.1. The Morgan fingerprint density at radius 3 is 1.94 bits per heavy atom. The molecule has 92 valence electrons. The van der Waals surface area contributed by atoms with Crippen molar-refractivity contribution >= 4 is 6.08 Å². The average molecular weight is 236 g/mol. The van der Waals surface area contributed by atoms with Crippen LogP contribution in [0.15, 0.2) is 79.4 Å². The summed E-state index contributed by atoms with van der Waals surface area (Å²) in [5, 5.41) is 0. The van der Waals surface area contributed by atoms with E-state index in [-0.39, 0.29) is 0 Å². The van der Waals surface area contributed by atoms with Crippen molar-refractivity contribution in [2.24, 2.45) is 0 Å². The van der Waals surface area contributed by atoms with Gasteiger partial charge in [0.05, 0.1) is 0 Å². The predicted octanol–water partition coefficient (Wildman–Crippen LogP) is 5.13. The first-order valence-corrected chi connectivity index (χ1v) is 6.19. The Morgan fingerprint density at radius 2 is 1.44 bits per heavy atom. The van der Waals surface area contributed by atoms with Crippen LogP contribution in [0, 0.1) is 0 Å². The molecule has 0 aliphatic rings. The zero-order valence-corrected chi connectivity index (χ0v) is 10.9. The second kappa shape index (κ2) is 9.00. The maximum absolute atomic E-state index is 3.66. The minimum atomic E-state index is 0.973. The van der Waals surface area contributed by atoms with E-state index >= 15 is 0 Å². The summed E-state index contributed by atoms with van der Waals surface area (Å²) in [5.74, 6) is 0. The summed E-state index contributed by atoms with van der Waals surface area (Å²) >= 11 is 0. The number of hydrogen-bond acceptors (Lipinski definition) is 0. The minimum Gasteiger partial charge on any atom is -0.103 e. The largest absolute Gasteiger partial charge is 0.103 e. The summed E-state index contributed by atoms with van der Waals surface area (Å²) in [6.45, 7) is 5.68. The van der Waals surface area contributed by atoms with Gasteiger partial charge in [-0.2, -0.15) is 0 Å². The van der Waals surface area contributed by atoms with Crippen LogP contribution in [-0.4, -0.2) is 0 Å². The van der Waals surface area contributed by atoms with Gasteiger partial charge in [-0.1, -0.05) is 78.9 Å². The van der Waals surface area contributed by atoms with E-state index in [1.165, 1.54) is 11.1 Å². The lowest BCUT2D eigenvalue weighted by Gasteiger charge is -1.91. The van der Waals surface area contributed by atoms with Gasteiger partial charge in [-0.15, -0.1) is 6.58 Å². The SMILES string of the molecule is C=CCc1ccccc1.CC=Cc1ccccc1. The lowest BCUT2D eigenvalue weighted by atomic mass is 10.2. The Kier molecular flexibility index (Phi) is 6.99. The van der Waals surface area contributed by atoms with E-state index in [0.717, 1.165) is 6.42 Å². The highest BCUT2D eigenvalue weighted by atomic mass is 13.9. The summed E-state index contributed by atoms with van der Waals surface area (Å²) in [6, 6.07) is 20.6. The van der Waals surface area contributed by atoms with Gasteiger partial charge < -0.3 is 0 Å². The Labute approximate surface area is 110 Å². The second-order valence-corrected chi connectivity index (χ2v) is 3.89. The molecule has 0 bridgehead atoms. The number of benzene rings is 2. The van der Waals surface area contributed by atoms with Gasteiger partial charge in [0, 0.05) is 0 Å². The molecule has 0 radical (unpaired) electrons. The fourth-order valence-electron chi connectivity index (χ4n) is 1.54. The van der Waals surface area contributed by atoms with Crippen molar-refractivity contribution in [3.8, 4) is 0 Å². The van der Waals surface area contributed by atoms with Gasteiger partial charge >= 0.3 is 0 Å². The van der Waals surface area contributed by atoms with Crippen molar-refractivity contribution < 1.29 is 0 Å². The van der Waals surface area contributed by atoms with Crippen molar-refractivity contribution in [2.45, 2.75) is 13.3 Å². The van der Waals surface area contributed by atoms with Gasteiger partial charge in [0.15, 0.2) is 0 Å².